The van der Waals surface area contributed by atoms with E-state index in [0.717, 1.165) is 0 Å². The van der Waals surface area contributed by atoms with Crippen molar-refractivity contribution in [1.82, 2.24) is 9.78 Å². The van der Waals surface area contributed by atoms with Crippen LogP contribution in [0, 0.1) is 11.5 Å². The predicted octanol–water partition coefficient (Wildman–Crippen LogP) is 0.234. The molecule has 1 rings (SSSR count). The summed E-state index contributed by atoms with van der Waals surface area (Å²) in [7, 11) is 1.36. The highest BCUT2D eigenvalue weighted by Crippen LogP contribution is 2.16. The first-order valence-electron chi connectivity index (χ1n) is 2.92. The van der Waals surface area contributed by atoms with Gasteiger partial charge in [0.2, 0.25) is 6.19 Å². The number of nitrogens with zero attached hydrogens (tertiary/aromatic N) is 3. The third kappa shape index (κ3) is 1.24. The van der Waals surface area contributed by atoms with Crippen molar-refractivity contribution in [2.24, 2.45) is 0 Å². The molecule has 1 heterocycles. The van der Waals surface area contributed by atoms with Crippen LogP contribution < -0.4 is 10.3 Å². The minimum atomic E-state index is -0.682. The largest absolute Gasteiger partial charge is 0.493 e. The number of hydrogen-bond donors (Lipinski definition) is 0. The Morgan fingerprint density at radius 2 is 2.50 bits per heavy atom. The third-order valence-electron chi connectivity index (χ3n) is 1.20. The van der Waals surface area contributed by atoms with Crippen LogP contribution in [-0.4, -0.2) is 16.9 Å². The van der Waals surface area contributed by atoms with Gasteiger partial charge in [0.25, 0.3) is 0 Å². The zero-order valence-electron chi connectivity index (χ0n) is 6.11. The van der Waals surface area contributed by atoms with Gasteiger partial charge >= 0.3 is 5.56 Å². The molecule has 0 atom stereocenters. The molecular weight excluding hydrogens is 182 g/mol. The number of hydrogen-bond acceptors (Lipinski definition) is 4. The molecule has 0 N–H and O–H groups in total. The lowest BCUT2D eigenvalue weighted by molar-refractivity contribution is 0.410. The Balaban J connectivity index is 3.43. The van der Waals surface area contributed by atoms with E-state index in [1.807, 2.05) is 0 Å². The zero-order chi connectivity index (χ0) is 9.14. The minimum absolute atomic E-state index is 0.144. The smallest absolute Gasteiger partial charge is 0.303 e. The van der Waals surface area contributed by atoms with Crippen molar-refractivity contribution in [3.63, 3.8) is 0 Å². The first kappa shape index (κ1) is 8.56. The Labute approximate surface area is 72.7 Å². The van der Waals surface area contributed by atoms with Crippen molar-refractivity contribution in [3.05, 3.63) is 21.6 Å². The summed E-state index contributed by atoms with van der Waals surface area (Å²) < 4.78 is 5.28. The van der Waals surface area contributed by atoms with Crippen molar-refractivity contribution in [1.29, 1.82) is 5.26 Å². The monoisotopic (exact) mass is 185 g/mol. The van der Waals surface area contributed by atoms with Crippen LogP contribution in [0.25, 0.3) is 0 Å². The topological polar surface area (TPSA) is 67.9 Å². The predicted molar refractivity (Wildman–Crippen MR) is 41.1 cm³/mol. The SMILES string of the molecule is COc1cnn(C#N)c(=O)c1Cl. The summed E-state index contributed by atoms with van der Waals surface area (Å²) in [6, 6.07) is 0. The number of halogens is 1. The van der Waals surface area contributed by atoms with Crippen LogP contribution in [0.3, 0.4) is 0 Å². The molecule has 0 aromatic carbocycles. The van der Waals surface area contributed by atoms with E-state index >= 15 is 0 Å². The molecule has 5 nitrogen and oxygen atoms in total. The van der Waals surface area contributed by atoms with Gasteiger partial charge in [0.1, 0.15) is 0 Å². The normalized spacial score (nSPS) is 9.08. The van der Waals surface area contributed by atoms with E-state index in [1.54, 1.807) is 6.19 Å². The summed E-state index contributed by atoms with van der Waals surface area (Å²) >= 11 is 5.53. The molecule has 0 aliphatic rings. The number of nitriles is 1. The van der Waals surface area contributed by atoms with Crippen LogP contribution >= 0.6 is 11.6 Å². The average molecular weight is 186 g/mol. The fraction of sp³-hybridized carbons (Fsp3) is 0.167. The molecule has 0 fully saturated rings. The maximum Gasteiger partial charge on any atom is 0.303 e. The molecule has 0 amide bonds. The van der Waals surface area contributed by atoms with Gasteiger partial charge in [-0.3, -0.25) is 4.79 Å². The van der Waals surface area contributed by atoms with E-state index in [-0.39, 0.29) is 10.8 Å². The first-order valence-corrected chi connectivity index (χ1v) is 3.30. The van der Waals surface area contributed by atoms with Crippen LogP contribution in [0.15, 0.2) is 11.0 Å². The van der Waals surface area contributed by atoms with Gasteiger partial charge in [0, 0.05) is 0 Å². The maximum absolute atomic E-state index is 11.0. The number of aromatic nitrogens is 2. The molecule has 0 unspecified atom stereocenters. The second-order valence-corrected chi connectivity index (χ2v) is 2.22. The van der Waals surface area contributed by atoms with Gasteiger partial charge in [0.15, 0.2) is 10.8 Å². The highest BCUT2D eigenvalue weighted by Gasteiger charge is 2.08. The lowest BCUT2D eigenvalue weighted by atomic mass is 10.5. The Kier molecular flexibility index (Phi) is 2.31. The fourth-order valence-corrected chi connectivity index (χ4v) is 0.837. The second-order valence-electron chi connectivity index (χ2n) is 1.84. The summed E-state index contributed by atoms with van der Waals surface area (Å²) in [5, 5.41) is 11.7. The molecule has 6 heteroatoms. The fourth-order valence-electron chi connectivity index (χ4n) is 0.631. The van der Waals surface area contributed by atoms with Crippen molar-refractivity contribution >= 4 is 11.6 Å². The molecule has 62 valence electrons. The average Bonchev–Trinajstić information content (AvgIpc) is 2.10. The molecule has 12 heavy (non-hydrogen) atoms. The summed E-state index contributed by atoms with van der Waals surface area (Å²) in [6.45, 7) is 0. The van der Waals surface area contributed by atoms with E-state index in [1.165, 1.54) is 13.3 Å². The first-order chi connectivity index (χ1) is 5.70. The summed E-state index contributed by atoms with van der Waals surface area (Å²) in [4.78, 5) is 11.0. The molecule has 0 radical (unpaired) electrons. The van der Waals surface area contributed by atoms with E-state index < -0.39 is 5.56 Å². The molecule has 0 spiro atoms. The van der Waals surface area contributed by atoms with E-state index in [4.69, 9.17) is 21.6 Å². The molecular formula is C6H4ClN3O2. The quantitative estimate of drug-likeness (QED) is 0.628. The van der Waals surface area contributed by atoms with Crippen molar-refractivity contribution in [3.8, 4) is 11.9 Å². The van der Waals surface area contributed by atoms with Crippen molar-refractivity contribution in [2.45, 2.75) is 0 Å². The Hall–Kier alpha value is -1.54. The summed E-state index contributed by atoms with van der Waals surface area (Å²) in [5.74, 6) is 0.160. The van der Waals surface area contributed by atoms with Crippen LogP contribution in [0.4, 0.5) is 0 Å². The van der Waals surface area contributed by atoms with E-state index in [2.05, 4.69) is 5.10 Å². The maximum atomic E-state index is 11.0. The van der Waals surface area contributed by atoms with E-state index in [9.17, 15) is 4.79 Å². The highest BCUT2D eigenvalue weighted by atomic mass is 35.5. The lowest BCUT2D eigenvalue weighted by Crippen LogP contribution is -2.19. The van der Waals surface area contributed by atoms with Crippen molar-refractivity contribution in [2.75, 3.05) is 7.11 Å². The molecule has 1 aromatic rings. The van der Waals surface area contributed by atoms with Gasteiger partial charge in [-0.15, -0.1) is 4.68 Å². The molecule has 0 aliphatic heterocycles. The highest BCUT2D eigenvalue weighted by molar-refractivity contribution is 6.31. The third-order valence-corrected chi connectivity index (χ3v) is 1.55. The van der Waals surface area contributed by atoms with Gasteiger partial charge in [-0.05, 0) is 0 Å². The van der Waals surface area contributed by atoms with Crippen molar-refractivity contribution < 1.29 is 4.74 Å². The molecule has 0 saturated carbocycles. The lowest BCUT2D eigenvalue weighted by Gasteiger charge is -1.99. The molecule has 0 bridgehead atoms. The number of methoxy groups -OCH3 is 1. The standard InChI is InChI=1S/C6H4ClN3O2/c1-12-4-2-9-10(3-8)6(11)5(4)7/h2H,1H3. The summed E-state index contributed by atoms with van der Waals surface area (Å²) in [5.41, 5.74) is -0.682. The zero-order valence-corrected chi connectivity index (χ0v) is 6.87. The van der Waals surface area contributed by atoms with Gasteiger partial charge in [0.05, 0.1) is 13.3 Å². The van der Waals surface area contributed by atoms with Crippen LogP contribution in [0.5, 0.6) is 5.75 Å². The minimum Gasteiger partial charge on any atom is -0.493 e. The van der Waals surface area contributed by atoms with Gasteiger partial charge in [-0.2, -0.15) is 10.4 Å². The molecule has 0 aliphatic carbocycles. The number of ether oxygens (including phenoxy) is 1. The Morgan fingerprint density at radius 3 is 3.00 bits per heavy atom. The van der Waals surface area contributed by atoms with Gasteiger partial charge in [-0.25, -0.2) is 0 Å². The second kappa shape index (κ2) is 3.24. The summed E-state index contributed by atoms with van der Waals surface area (Å²) in [6.07, 6.45) is 2.74. The van der Waals surface area contributed by atoms with Crippen LogP contribution in [0.2, 0.25) is 5.02 Å². The van der Waals surface area contributed by atoms with Gasteiger partial charge < -0.3 is 4.74 Å². The van der Waals surface area contributed by atoms with Crippen LogP contribution in [0.1, 0.15) is 0 Å². The molecule has 0 saturated heterocycles. The Morgan fingerprint density at radius 1 is 1.83 bits per heavy atom. The van der Waals surface area contributed by atoms with Gasteiger partial charge in [-0.1, -0.05) is 11.6 Å². The molecule has 1 aromatic heterocycles. The van der Waals surface area contributed by atoms with E-state index in [0.29, 0.717) is 4.68 Å². The van der Waals surface area contributed by atoms with Crippen LogP contribution in [-0.2, 0) is 0 Å². The number of rotatable bonds is 1. The Bertz CT molecular complexity index is 393.